The fourth-order valence-electron chi connectivity index (χ4n) is 3.19. The van der Waals surface area contributed by atoms with Crippen molar-refractivity contribution in [2.24, 2.45) is 0 Å². The molecule has 0 N–H and O–H groups in total. The van der Waals surface area contributed by atoms with E-state index in [4.69, 9.17) is 10.00 Å². The Morgan fingerprint density at radius 1 is 1.14 bits per heavy atom. The summed E-state index contributed by atoms with van der Waals surface area (Å²) in [6.07, 6.45) is 2.22. The van der Waals surface area contributed by atoms with Crippen molar-refractivity contribution in [2.45, 2.75) is 36.4 Å². The molecule has 0 saturated carbocycles. The predicted molar refractivity (Wildman–Crippen MR) is 105 cm³/mol. The summed E-state index contributed by atoms with van der Waals surface area (Å²) >= 11 is 1.59. The van der Waals surface area contributed by atoms with E-state index in [0.29, 0.717) is 12.1 Å². The molecule has 7 heteroatoms. The van der Waals surface area contributed by atoms with Gasteiger partial charge >= 0.3 is 0 Å². The van der Waals surface area contributed by atoms with Crippen molar-refractivity contribution in [3.8, 4) is 17.5 Å². The molecule has 1 aliphatic heterocycles. The molecular weight excluding hydrogens is 375 g/mol. The van der Waals surface area contributed by atoms with Crippen molar-refractivity contribution in [3.05, 3.63) is 65.5 Å². The number of halogens is 1. The summed E-state index contributed by atoms with van der Waals surface area (Å²) in [7, 11) is 0. The number of nitriles is 1. The lowest BCUT2D eigenvalue weighted by Crippen LogP contribution is -2.16. The third-order valence-corrected chi connectivity index (χ3v) is 5.72. The molecule has 0 aliphatic carbocycles. The maximum absolute atomic E-state index is 13.3. The van der Waals surface area contributed by atoms with E-state index in [2.05, 4.69) is 20.8 Å². The summed E-state index contributed by atoms with van der Waals surface area (Å²) in [6, 6.07) is 16.0. The first-order valence-corrected chi connectivity index (χ1v) is 10.1. The molecule has 1 atom stereocenters. The largest absolute Gasteiger partial charge is 0.376 e. The molecule has 142 valence electrons. The van der Waals surface area contributed by atoms with Crippen LogP contribution < -0.4 is 0 Å². The maximum Gasteiger partial charge on any atom is 0.191 e. The molecule has 4 rings (SSSR count). The SMILES string of the molecule is N#Cc1ccc(CSc2nnc(-c3ccc(F)cc3)n2CC2CCCO2)cc1. The van der Waals surface area contributed by atoms with Gasteiger partial charge in [-0.2, -0.15) is 5.26 Å². The number of aromatic nitrogens is 3. The minimum absolute atomic E-state index is 0.143. The van der Waals surface area contributed by atoms with Crippen molar-refractivity contribution in [1.82, 2.24) is 14.8 Å². The average molecular weight is 394 g/mol. The number of benzene rings is 2. The van der Waals surface area contributed by atoms with E-state index in [0.717, 1.165) is 47.3 Å². The summed E-state index contributed by atoms with van der Waals surface area (Å²) in [5.41, 5.74) is 2.59. The molecule has 2 heterocycles. The van der Waals surface area contributed by atoms with Crippen LogP contribution >= 0.6 is 11.8 Å². The van der Waals surface area contributed by atoms with Crippen molar-refractivity contribution >= 4 is 11.8 Å². The molecule has 0 radical (unpaired) electrons. The zero-order valence-electron chi connectivity index (χ0n) is 15.2. The smallest absolute Gasteiger partial charge is 0.191 e. The van der Waals surface area contributed by atoms with Gasteiger partial charge in [0.1, 0.15) is 5.82 Å². The molecular formula is C21H19FN4OS. The lowest BCUT2D eigenvalue weighted by atomic mass is 10.2. The van der Waals surface area contributed by atoms with Crippen molar-refractivity contribution in [3.63, 3.8) is 0 Å². The van der Waals surface area contributed by atoms with Gasteiger partial charge in [0.15, 0.2) is 11.0 Å². The highest BCUT2D eigenvalue weighted by atomic mass is 32.2. The maximum atomic E-state index is 13.3. The molecule has 1 aromatic heterocycles. The molecule has 1 fully saturated rings. The molecule has 0 amide bonds. The van der Waals surface area contributed by atoms with E-state index in [9.17, 15) is 4.39 Å². The van der Waals surface area contributed by atoms with Crippen LogP contribution in [0.25, 0.3) is 11.4 Å². The molecule has 0 spiro atoms. The topological polar surface area (TPSA) is 63.7 Å². The Labute approximate surface area is 167 Å². The first-order chi connectivity index (χ1) is 13.7. The molecule has 0 bridgehead atoms. The van der Waals surface area contributed by atoms with E-state index in [1.165, 1.54) is 12.1 Å². The van der Waals surface area contributed by atoms with Gasteiger partial charge in [0.05, 0.1) is 24.3 Å². The van der Waals surface area contributed by atoms with Crippen LogP contribution in [0.1, 0.15) is 24.0 Å². The summed E-state index contributed by atoms with van der Waals surface area (Å²) < 4.78 is 21.2. The number of ether oxygens (including phenoxy) is 1. The summed E-state index contributed by atoms with van der Waals surface area (Å²) in [6.45, 7) is 1.46. The average Bonchev–Trinajstić information content (AvgIpc) is 3.38. The van der Waals surface area contributed by atoms with Crippen molar-refractivity contribution in [2.75, 3.05) is 6.61 Å². The van der Waals surface area contributed by atoms with Crippen molar-refractivity contribution < 1.29 is 9.13 Å². The van der Waals surface area contributed by atoms with Gasteiger partial charge in [0.2, 0.25) is 0 Å². The summed E-state index contributed by atoms with van der Waals surface area (Å²) in [4.78, 5) is 0. The van der Waals surface area contributed by atoms with Gasteiger partial charge < -0.3 is 4.74 Å². The molecule has 1 aliphatic rings. The lowest BCUT2D eigenvalue weighted by Gasteiger charge is -2.14. The molecule has 1 saturated heterocycles. The highest BCUT2D eigenvalue weighted by molar-refractivity contribution is 7.98. The van der Waals surface area contributed by atoms with Gasteiger partial charge in [-0.25, -0.2) is 4.39 Å². The Morgan fingerprint density at radius 2 is 1.93 bits per heavy atom. The van der Waals surface area contributed by atoms with Crippen LogP contribution in [0.2, 0.25) is 0 Å². The highest BCUT2D eigenvalue weighted by Gasteiger charge is 2.21. The first-order valence-electron chi connectivity index (χ1n) is 9.15. The van der Waals surface area contributed by atoms with Crippen LogP contribution in [0.5, 0.6) is 0 Å². The Hall–Kier alpha value is -2.69. The minimum Gasteiger partial charge on any atom is -0.376 e. The fourth-order valence-corrected chi connectivity index (χ4v) is 4.09. The Balaban J connectivity index is 1.58. The molecule has 3 aromatic rings. The zero-order chi connectivity index (χ0) is 19.3. The number of thioether (sulfide) groups is 1. The highest BCUT2D eigenvalue weighted by Crippen LogP contribution is 2.28. The molecule has 2 aromatic carbocycles. The quantitative estimate of drug-likeness (QED) is 0.579. The number of nitrogens with zero attached hydrogens (tertiary/aromatic N) is 4. The third-order valence-electron chi connectivity index (χ3n) is 4.68. The second-order valence-corrected chi connectivity index (χ2v) is 7.60. The monoisotopic (exact) mass is 394 g/mol. The van der Waals surface area contributed by atoms with Crippen LogP contribution in [-0.2, 0) is 17.0 Å². The first kappa shape index (κ1) is 18.7. The second-order valence-electron chi connectivity index (χ2n) is 6.66. The molecule has 5 nitrogen and oxygen atoms in total. The lowest BCUT2D eigenvalue weighted by molar-refractivity contribution is 0.0953. The number of hydrogen-bond acceptors (Lipinski definition) is 5. The van der Waals surface area contributed by atoms with Gasteiger partial charge in [0.25, 0.3) is 0 Å². The van der Waals surface area contributed by atoms with Gasteiger partial charge in [-0.05, 0) is 54.8 Å². The van der Waals surface area contributed by atoms with Crippen LogP contribution in [0.15, 0.2) is 53.7 Å². The molecule has 28 heavy (non-hydrogen) atoms. The van der Waals surface area contributed by atoms with Crippen molar-refractivity contribution in [1.29, 1.82) is 5.26 Å². The van der Waals surface area contributed by atoms with E-state index < -0.39 is 0 Å². The van der Waals surface area contributed by atoms with Gasteiger partial charge in [-0.1, -0.05) is 23.9 Å². The van der Waals surface area contributed by atoms with Crippen LogP contribution in [-0.4, -0.2) is 27.5 Å². The zero-order valence-corrected chi connectivity index (χ0v) is 16.0. The van der Waals surface area contributed by atoms with Gasteiger partial charge in [0, 0.05) is 17.9 Å². The van der Waals surface area contributed by atoms with Gasteiger partial charge in [-0.15, -0.1) is 10.2 Å². The van der Waals surface area contributed by atoms with Crippen LogP contribution in [0.4, 0.5) is 4.39 Å². The Morgan fingerprint density at radius 3 is 2.61 bits per heavy atom. The normalized spacial score (nSPS) is 16.2. The third kappa shape index (κ3) is 4.24. The number of hydrogen-bond donors (Lipinski definition) is 0. The Bertz CT molecular complexity index is 973. The fraction of sp³-hybridized carbons (Fsp3) is 0.286. The van der Waals surface area contributed by atoms with Gasteiger partial charge in [-0.3, -0.25) is 4.57 Å². The molecule has 1 unspecified atom stereocenters. The van der Waals surface area contributed by atoms with Crippen LogP contribution in [0, 0.1) is 17.1 Å². The summed E-state index contributed by atoms with van der Waals surface area (Å²) in [5, 5.41) is 18.5. The Kier molecular flexibility index (Phi) is 5.70. The van der Waals surface area contributed by atoms with E-state index in [1.807, 2.05) is 24.3 Å². The second kappa shape index (κ2) is 8.55. The van der Waals surface area contributed by atoms with E-state index in [1.54, 1.807) is 23.9 Å². The number of rotatable bonds is 6. The van der Waals surface area contributed by atoms with E-state index >= 15 is 0 Å². The predicted octanol–water partition coefficient (Wildman–Crippen LogP) is 4.43. The van der Waals surface area contributed by atoms with E-state index in [-0.39, 0.29) is 11.9 Å². The van der Waals surface area contributed by atoms with Crippen LogP contribution in [0.3, 0.4) is 0 Å². The summed E-state index contributed by atoms with van der Waals surface area (Å²) in [5.74, 6) is 1.17. The minimum atomic E-state index is -0.274. The standard InChI is InChI=1S/C21H19FN4OS/c22-18-9-7-17(8-10-18)20-24-25-21(26(20)13-19-2-1-11-27-19)28-14-16-5-3-15(12-23)4-6-16/h3-10,19H,1-2,11,13-14H2.